The third-order valence-corrected chi connectivity index (χ3v) is 5.62. The predicted octanol–water partition coefficient (Wildman–Crippen LogP) is 4.49. The fourth-order valence-electron chi connectivity index (χ4n) is 3.44. The zero-order valence-corrected chi connectivity index (χ0v) is 15.4. The second kappa shape index (κ2) is 5.84. The van der Waals surface area contributed by atoms with Gasteiger partial charge in [-0.25, -0.2) is 0 Å². The van der Waals surface area contributed by atoms with Crippen LogP contribution in [0.4, 0.5) is 0 Å². The van der Waals surface area contributed by atoms with Crippen molar-refractivity contribution in [2.24, 2.45) is 0 Å². The molecular formula is C18H19BrN4O. The Balaban J connectivity index is 1.73. The van der Waals surface area contributed by atoms with E-state index in [1.807, 2.05) is 17.8 Å². The monoisotopic (exact) mass is 386 g/mol. The van der Waals surface area contributed by atoms with Gasteiger partial charge in [0, 0.05) is 16.7 Å². The summed E-state index contributed by atoms with van der Waals surface area (Å²) in [5.41, 5.74) is 3.11. The standard InChI is InChI=1S/C18H19BrN4O/c1-3-23-12(2)15(11-20-23)16-21-17(22-24-16)18(9-4-10-18)13-5-7-14(19)8-6-13/h5-8,11H,3-4,9-10H2,1-2H3. The van der Waals surface area contributed by atoms with Crippen LogP contribution < -0.4 is 0 Å². The summed E-state index contributed by atoms with van der Waals surface area (Å²) in [6, 6.07) is 8.46. The maximum Gasteiger partial charge on any atom is 0.261 e. The van der Waals surface area contributed by atoms with E-state index in [9.17, 15) is 0 Å². The number of hydrogen-bond donors (Lipinski definition) is 0. The SMILES string of the molecule is CCn1ncc(-c2nc(C3(c4ccc(Br)cc4)CCC3)no2)c1C. The Morgan fingerprint density at radius 2 is 2.00 bits per heavy atom. The molecule has 1 aliphatic carbocycles. The summed E-state index contributed by atoms with van der Waals surface area (Å²) in [5.74, 6) is 1.35. The van der Waals surface area contributed by atoms with E-state index in [1.165, 1.54) is 12.0 Å². The Kier molecular flexibility index (Phi) is 3.79. The summed E-state index contributed by atoms with van der Waals surface area (Å²) in [6.07, 6.45) is 5.11. The first-order valence-electron chi connectivity index (χ1n) is 8.27. The largest absolute Gasteiger partial charge is 0.334 e. The molecule has 6 heteroatoms. The molecule has 24 heavy (non-hydrogen) atoms. The van der Waals surface area contributed by atoms with Crippen molar-refractivity contribution in [1.82, 2.24) is 19.9 Å². The van der Waals surface area contributed by atoms with Gasteiger partial charge in [-0.3, -0.25) is 4.68 Å². The lowest BCUT2D eigenvalue weighted by atomic mass is 9.64. The molecule has 2 heterocycles. The van der Waals surface area contributed by atoms with Crippen LogP contribution in [-0.2, 0) is 12.0 Å². The van der Waals surface area contributed by atoms with Crippen molar-refractivity contribution in [3.63, 3.8) is 0 Å². The zero-order chi connectivity index (χ0) is 16.7. The number of aryl methyl sites for hydroxylation is 1. The maximum absolute atomic E-state index is 5.59. The average molecular weight is 387 g/mol. The lowest BCUT2D eigenvalue weighted by molar-refractivity contribution is 0.273. The van der Waals surface area contributed by atoms with E-state index in [0.717, 1.165) is 40.9 Å². The van der Waals surface area contributed by atoms with Gasteiger partial charge in [-0.05, 0) is 44.4 Å². The van der Waals surface area contributed by atoms with Crippen molar-refractivity contribution >= 4 is 15.9 Å². The van der Waals surface area contributed by atoms with Crippen molar-refractivity contribution in [2.45, 2.75) is 45.1 Å². The minimum Gasteiger partial charge on any atom is -0.334 e. The smallest absolute Gasteiger partial charge is 0.261 e. The van der Waals surface area contributed by atoms with Crippen LogP contribution >= 0.6 is 15.9 Å². The van der Waals surface area contributed by atoms with Gasteiger partial charge in [0.25, 0.3) is 5.89 Å². The highest BCUT2D eigenvalue weighted by molar-refractivity contribution is 9.10. The Morgan fingerprint density at radius 1 is 1.25 bits per heavy atom. The summed E-state index contributed by atoms with van der Waals surface area (Å²) in [6.45, 7) is 4.93. The van der Waals surface area contributed by atoms with E-state index >= 15 is 0 Å². The van der Waals surface area contributed by atoms with Crippen LogP contribution in [0.3, 0.4) is 0 Å². The van der Waals surface area contributed by atoms with E-state index in [1.54, 1.807) is 0 Å². The molecule has 1 fully saturated rings. The van der Waals surface area contributed by atoms with E-state index in [-0.39, 0.29) is 5.41 Å². The molecule has 124 valence electrons. The molecule has 4 rings (SSSR count). The first kappa shape index (κ1) is 15.6. The number of nitrogens with zero attached hydrogens (tertiary/aromatic N) is 4. The zero-order valence-electron chi connectivity index (χ0n) is 13.8. The molecule has 1 aromatic carbocycles. The summed E-state index contributed by atoms with van der Waals surface area (Å²) in [7, 11) is 0. The van der Waals surface area contributed by atoms with Gasteiger partial charge < -0.3 is 4.52 Å². The summed E-state index contributed by atoms with van der Waals surface area (Å²) in [4.78, 5) is 4.74. The van der Waals surface area contributed by atoms with Crippen LogP contribution in [0.5, 0.6) is 0 Å². The number of aromatic nitrogens is 4. The third kappa shape index (κ3) is 2.32. The predicted molar refractivity (Wildman–Crippen MR) is 94.7 cm³/mol. The molecule has 2 aromatic heterocycles. The summed E-state index contributed by atoms with van der Waals surface area (Å²) in [5, 5.41) is 8.69. The molecule has 0 N–H and O–H groups in total. The molecule has 0 amide bonds. The molecule has 3 aromatic rings. The number of benzene rings is 1. The fraction of sp³-hybridized carbons (Fsp3) is 0.389. The number of halogens is 1. The minimum absolute atomic E-state index is 0.114. The van der Waals surface area contributed by atoms with Gasteiger partial charge in [0.15, 0.2) is 5.82 Å². The average Bonchev–Trinajstić information content (AvgIpc) is 3.15. The van der Waals surface area contributed by atoms with Gasteiger partial charge in [0.1, 0.15) is 0 Å². The highest BCUT2D eigenvalue weighted by Gasteiger charge is 2.44. The molecule has 1 saturated carbocycles. The lowest BCUT2D eigenvalue weighted by Crippen LogP contribution is -2.36. The van der Waals surface area contributed by atoms with Crippen LogP contribution in [0, 0.1) is 6.92 Å². The normalized spacial score (nSPS) is 16.1. The van der Waals surface area contributed by atoms with Crippen molar-refractivity contribution in [3.8, 4) is 11.5 Å². The van der Waals surface area contributed by atoms with Crippen molar-refractivity contribution in [2.75, 3.05) is 0 Å². The van der Waals surface area contributed by atoms with Gasteiger partial charge in [0.2, 0.25) is 0 Å². The fourth-order valence-corrected chi connectivity index (χ4v) is 3.71. The van der Waals surface area contributed by atoms with Gasteiger partial charge in [-0.15, -0.1) is 0 Å². The van der Waals surface area contributed by atoms with E-state index in [0.29, 0.717) is 5.89 Å². The van der Waals surface area contributed by atoms with Crippen LogP contribution in [0.2, 0.25) is 0 Å². The highest BCUT2D eigenvalue weighted by Crippen LogP contribution is 2.48. The topological polar surface area (TPSA) is 56.7 Å². The molecule has 1 aliphatic rings. The lowest BCUT2D eigenvalue weighted by Gasteiger charge is -2.39. The summed E-state index contributed by atoms with van der Waals surface area (Å²) < 4.78 is 8.61. The third-order valence-electron chi connectivity index (χ3n) is 5.09. The molecule has 0 atom stereocenters. The number of hydrogen-bond acceptors (Lipinski definition) is 4. The van der Waals surface area contributed by atoms with Crippen molar-refractivity contribution in [1.29, 1.82) is 0 Å². The molecule has 0 unspecified atom stereocenters. The van der Waals surface area contributed by atoms with E-state index in [4.69, 9.17) is 9.51 Å². The van der Waals surface area contributed by atoms with Gasteiger partial charge in [0.05, 0.1) is 17.2 Å². The van der Waals surface area contributed by atoms with Gasteiger partial charge in [-0.2, -0.15) is 10.1 Å². The maximum atomic E-state index is 5.59. The van der Waals surface area contributed by atoms with Gasteiger partial charge in [-0.1, -0.05) is 39.6 Å². The molecular weight excluding hydrogens is 368 g/mol. The molecule has 5 nitrogen and oxygen atoms in total. The summed E-state index contributed by atoms with van der Waals surface area (Å²) >= 11 is 3.50. The van der Waals surface area contributed by atoms with Crippen LogP contribution in [-0.4, -0.2) is 19.9 Å². The van der Waals surface area contributed by atoms with Crippen LogP contribution in [0.25, 0.3) is 11.5 Å². The quantitative estimate of drug-likeness (QED) is 0.662. The Morgan fingerprint density at radius 3 is 2.58 bits per heavy atom. The second-order valence-electron chi connectivity index (χ2n) is 6.33. The molecule has 0 radical (unpaired) electrons. The Hall–Kier alpha value is -1.95. The van der Waals surface area contributed by atoms with Crippen LogP contribution in [0.15, 0.2) is 39.5 Å². The highest BCUT2D eigenvalue weighted by atomic mass is 79.9. The Labute approximate surface area is 149 Å². The Bertz CT molecular complexity index is 862. The van der Waals surface area contributed by atoms with Gasteiger partial charge >= 0.3 is 0 Å². The minimum atomic E-state index is -0.114. The second-order valence-corrected chi connectivity index (χ2v) is 7.24. The molecule has 0 bridgehead atoms. The number of rotatable bonds is 4. The van der Waals surface area contributed by atoms with Crippen molar-refractivity contribution < 1.29 is 4.52 Å². The van der Waals surface area contributed by atoms with Crippen LogP contribution in [0.1, 0.15) is 43.3 Å². The first-order chi connectivity index (χ1) is 11.6. The molecule has 0 aliphatic heterocycles. The van der Waals surface area contributed by atoms with E-state index in [2.05, 4.69) is 57.4 Å². The first-order valence-corrected chi connectivity index (χ1v) is 9.06. The van der Waals surface area contributed by atoms with Crippen molar-refractivity contribution in [3.05, 3.63) is 52.0 Å². The molecule has 0 spiro atoms. The molecule has 0 saturated heterocycles. The van der Waals surface area contributed by atoms with E-state index < -0.39 is 0 Å².